The minimum absolute atomic E-state index is 0.0849. The Morgan fingerprint density at radius 3 is 2.52 bits per heavy atom. The van der Waals surface area contributed by atoms with E-state index in [1.165, 1.54) is 0 Å². The molecule has 2 aromatic carbocycles. The number of hydrogen-bond acceptors (Lipinski definition) is 3. The second-order valence-corrected chi connectivity index (χ2v) is 5.84. The smallest absolute Gasteiger partial charge is 0.270 e. The van der Waals surface area contributed by atoms with Gasteiger partial charge in [0.1, 0.15) is 11.4 Å². The summed E-state index contributed by atoms with van der Waals surface area (Å²) in [5, 5.41) is 7.48. The molecule has 0 spiro atoms. The summed E-state index contributed by atoms with van der Waals surface area (Å²) in [6.07, 6.45) is 0. The minimum Gasteiger partial charge on any atom is -0.496 e. The molecule has 5 nitrogen and oxygen atoms in total. The van der Waals surface area contributed by atoms with Crippen LogP contribution in [0.2, 0.25) is 0 Å². The maximum absolute atomic E-state index is 12.6. The maximum Gasteiger partial charge on any atom is 0.270 e. The lowest BCUT2D eigenvalue weighted by atomic mass is 10.1. The van der Waals surface area contributed by atoms with Gasteiger partial charge >= 0.3 is 0 Å². The normalized spacial score (nSPS) is 11.8. The van der Waals surface area contributed by atoms with Crippen molar-refractivity contribution in [2.24, 2.45) is 7.05 Å². The number of hydrogen-bond donors (Lipinski definition) is 1. The molecule has 1 amide bonds. The summed E-state index contributed by atoms with van der Waals surface area (Å²) < 4.78 is 6.97. The van der Waals surface area contributed by atoms with Crippen LogP contribution in [0.5, 0.6) is 5.75 Å². The third-order valence-corrected chi connectivity index (χ3v) is 4.14. The highest BCUT2D eigenvalue weighted by atomic mass is 16.5. The monoisotopic (exact) mass is 335 g/mol. The predicted octanol–water partition coefficient (Wildman–Crippen LogP) is 3.59. The van der Waals surface area contributed by atoms with Crippen molar-refractivity contribution in [1.82, 2.24) is 15.1 Å². The number of nitrogens with one attached hydrogen (secondary N) is 1. The number of methoxy groups -OCH3 is 1. The second kappa shape index (κ2) is 7.21. The van der Waals surface area contributed by atoms with Crippen molar-refractivity contribution >= 4 is 5.91 Å². The quantitative estimate of drug-likeness (QED) is 0.775. The van der Waals surface area contributed by atoms with Gasteiger partial charge in [-0.1, -0.05) is 42.5 Å². The molecule has 25 heavy (non-hydrogen) atoms. The molecule has 128 valence electrons. The van der Waals surface area contributed by atoms with Gasteiger partial charge < -0.3 is 10.1 Å². The van der Waals surface area contributed by atoms with Gasteiger partial charge in [-0.05, 0) is 30.7 Å². The van der Waals surface area contributed by atoms with Crippen LogP contribution in [0, 0.1) is 0 Å². The van der Waals surface area contributed by atoms with Gasteiger partial charge in [-0.3, -0.25) is 9.48 Å². The number of para-hydroxylation sites is 1. The molecule has 1 heterocycles. The number of amides is 1. The standard InChI is InChI=1S/C20H21N3O2/c1-14(15-9-5-4-6-10-15)21-20(24)18-13-17(22-23(18)2)16-11-7-8-12-19(16)25-3/h4-14H,1-3H3,(H,21,24). The minimum atomic E-state index is -0.160. The Bertz CT molecular complexity index is 872. The number of carbonyl (C=O) groups excluding carboxylic acids is 1. The lowest BCUT2D eigenvalue weighted by Crippen LogP contribution is -2.28. The summed E-state index contributed by atoms with van der Waals surface area (Å²) in [6, 6.07) is 19.2. The van der Waals surface area contributed by atoms with Crippen LogP contribution in [0.1, 0.15) is 29.0 Å². The number of carbonyl (C=O) groups is 1. The molecule has 0 radical (unpaired) electrons. The molecule has 1 aromatic heterocycles. The topological polar surface area (TPSA) is 56.1 Å². The number of benzene rings is 2. The number of aromatic nitrogens is 2. The van der Waals surface area contributed by atoms with Crippen molar-refractivity contribution in [3.63, 3.8) is 0 Å². The molecule has 5 heteroatoms. The number of rotatable bonds is 5. The molecule has 0 saturated carbocycles. The average molecular weight is 335 g/mol. The van der Waals surface area contributed by atoms with Crippen LogP contribution in [-0.2, 0) is 7.05 Å². The Hall–Kier alpha value is -3.08. The zero-order valence-electron chi connectivity index (χ0n) is 14.6. The first-order chi connectivity index (χ1) is 12.1. The molecule has 0 saturated heterocycles. The molecule has 0 bridgehead atoms. The van der Waals surface area contributed by atoms with Gasteiger partial charge in [-0.15, -0.1) is 0 Å². The SMILES string of the molecule is COc1ccccc1-c1cc(C(=O)NC(C)c2ccccc2)n(C)n1. The highest BCUT2D eigenvalue weighted by Gasteiger charge is 2.18. The lowest BCUT2D eigenvalue weighted by Gasteiger charge is -2.14. The summed E-state index contributed by atoms with van der Waals surface area (Å²) in [7, 11) is 3.39. The highest BCUT2D eigenvalue weighted by molar-refractivity contribution is 5.94. The zero-order chi connectivity index (χ0) is 17.8. The van der Waals surface area contributed by atoms with Gasteiger partial charge in [-0.2, -0.15) is 5.10 Å². The molecule has 0 aliphatic carbocycles. The second-order valence-electron chi connectivity index (χ2n) is 5.84. The Balaban J connectivity index is 1.84. The number of aryl methyl sites for hydroxylation is 1. The third-order valence-electron chi connectivity index (χ3n) is 4.14. The van der Waals surface area contributed by atoms with E-state index < -0.39 is 0 Å². The summed E-state index contributed by atoms with van der Waals surface area (Å²) in [5.74, 6) is 0.567. The maximum atomic E-state index is 12.6. The first-order valence-corrected chi connectivity index (χ1v) is 8.13. The molecular formula is C20H21N3O2. The first-order valence-electron chi connectivity index (χ1n) is 8.13. The molecule has 3 rings (SSSR count). The van der Waals surface area contributed by atoms with Gasteiger partial charge in [0.05, 0.1) is 18.8 Å². The van der Waals surface area contributed by atoms with Crippen LogP contribution in [0.25, 0.3) is 11.3 Å². The molecule has 3 aromatic rings. The summed E-state index contributed by atoms with van der Waals surface area (Å²) in [6.45, 7) is 1.96. The molecule has 0 aliphatic heterocycles. The van der Waals surface area contributed by atoms with E-state index in [1.54, 1.807) is 24.9 Å². The number of nitrogens with zero attached hydrogens (tertiary/aromatic N) is 2. The first kappa shape index (κ1) is 16.8. The van der Waals surface area contributed by atoms with E-state index in [-0.39, 0.29) is 11.9 Å². The zero-order valence-corrected chi connectivity index (χ0v) is 14.6. The molecule has 1 atom stereocenters. The summed E-state index contributed by atoms with van der Waals surface area (Å²) in [4.78, 5) is 12.6. The Kier molecular flexibility index (Phi) is 4.84. The Morgan fingerprint density at radius 1 is 1.12 bits per heavy atom. The fourth-order valence-corrected chi connectivity index (χ4v) is 2.76. The van der Waals surface area contributed by atoms with Crippen molar-refractivity contribution < 1.29 is 9.53 Å². The summed E-state index contributed by atoms with van der Waals surface area (Å²) >= 11 is 0. The Labute approximate surface area is 147 Å². The fraction of sp³-hybridized carbons (Fsp3) is 0.200. The highest BCUT2D eigenvalue weighted by Crippen LogP contribution is 2.29. The molecule has 1 unspecified atom stereocenters. The third kappa shape index (κ3) is 3.55. The van der Waals surface area contributed by atoms with Crippen molar-refractivity contribution in [2.75, 3.05) is 7.11 Å². The van der Waals surface area contributed by atoms with Crippen LogP contribution >= 0.6 is 0 Å². The van der Waals surface area contributed by atoms with E-state index >= 15 is 0 Å². The van der Waals surface area contributed by atoms with Gasteiger partial charge in [0.15, 0.2) is 0 Å². The van der Waals surface area contributed by atoms with E-state index in [4.69, 9.17) is 4.74 Å². The fourth-order valence-electron chi connectivity index (χ4n) is 2.76. The van der Waals surface area contributed by atoms with E-state index in [0.29, 0.717) is 11.4 Å². The van der Waals surface area contributed by atoms with E-state index in [9.17, 15) is 4.79 Å². The van der Waals surface area contributed by atoms with Crippen molar-refractivity contribution in [3.05, 3.63) is 71.9 Å². The van der Waals surface area contributed by atoms with Crippen LogP contribution in [0.15, 0.2) is 60.7 Å². The Morgan fingerprint density at radius 2 is 1.80 bits per heavy atom. The largest absolute Gasteiger partial charge is 0.496 e. The van der Waals surface area contributed by atoms with Crippen LogP contribution in [0.4, 0.5) is 0 Å². The van der Waals surface area contributed by atoms with Crippen LogP contribution in [0.3, 0.4) is 0 Å². The van der Waals surface area contributed by atoms with Gasteiger partial charge in [-0.25, -0.2) is 0 Å². The average Bonchev–Trinajstić information content (AvgIpc) is 3.04. The van der Waals surface area contributed by atoms with Crippen molar-refractivity contribution in [2.45, 2.75) is 13.0 Å². The lowest BCUT2D eigenvalue weighted by molar-refractivity contribution is 0.0930. The number of ether oxygens (including phenoxy) is 1. The van der Waals surface area contributed by atoms with Crippen molar-refractivity contribution in [3.8, 4) is 17.0 Å². The summed E-state index contributed by atoms with van der Waals surface area (Å²) in [5.41, 5.74) is 3.12. The van der Waals surface area contributed by atoms with E-state index in [1.807, 2.05) is 61.5 Å². The van der Waals surface area contributed by atoms with Crippen molar-refractivity contribution in [1.29, 1.82) is 0 Å². The molecule has 0 fully saturated rings. The van der Waals surface area contributed by atoms with Crippen LogP contribution in [-0.4, -0.2) is 22.8 Å². The predicted molar refractivity (Wildman–Crippen MR) is 97.5 cm³/mol. The van der Waals surface area contributed by atoms with Crippen LogP contribution < -0.4 is 10.1 Å². The molecule has 0 aliphatic rings. The molecular weight excluding hydrogens is 314 g/mol. The molecule has 1 N–H and O–H groups in total. The van der Waals surface area contributed by atoms with Gasteiger partial charge in [0.25, 0.3) is 5.91 Å². The van der Waals surface area contributed by atoms with Gasteiger partial charge in [0.2, 0.25) is 0 Å². The van der Waals surface area contributed by atoms with Gasteiger partial charge in [0, 0.05) is 12.6 Å². The van der Waals surface area contributed by atoms with E-state index in [0.717, 1.165) is 16.9 Å². The van der Waals surface area contributed by atoms with E-state index in [2.05, 4.69) is 10.4 Å².